The number of carbonyl (C=O) groups is 3. The molecule has 1 saturated carbocycles. The van der Waals surface area contributed by atoms with Crippen LogP contribution in [0.25, 0.3) is 11.0 Å². The summed E-state index contributed by atoms with van der Waals surface area (Å²) in [5, 5.41) is 15.3. The van der Waals surface area contributed by atoms with Crippen molar-refractivity contribution in [1.82, 2.24) is 29.4 Å². The number of likely N-dealkylation sites (tertiary alicyclic amines) is 2. The van der Waals surface area contributed by atoms with Gasteiger partial charge >= 0.3 is 10.2 Å². The lowest BCUT2D eigenvalue weighted by molar-refractivity contribution is -0.135. The maximum Gasteiger partial charge on any atom is 0.301 e. The number of nitrogens with one attached hydrogen (secondary N) is 3. The topological polar surface area (TPSA) is 190 Å². The van der Waals surface area contributed by atoms with Crippen LogP contribution in [-0.2, 0) is 24.6 Å². The van der Waals surface area contributed by atoms with Gasteiger partial charge in [-0.05, 0) is 118 Å². The normalized spacial score (nSPS) is 20.8. The highest BCUT2D eigenvalue weighted by Crippen LogP contribution is 2.52. The van der Waals surface area contributed by atoms with Crippen LogP contribution in [0.1, 0.15) is 93.4 Å². The monoisotopic (exact) mass is 883 g/mol. The van der Waals surface area contributed by atoms with Crippen molar-refractivity contribution in [2.45, 2.75) is 82.6 Å². The van der Waals surface area contributed by atoms with Crippen molar-refractivity contribution in [3.63, 3.8) is 0 Å². The van der Waals surface area contributed by atoms with E-state index in [2.05, 4.69) is 25.2 Å². The van der Waals surface area contributed by atoms with Crippen molar-refractivity contribution in [3.05, 3.63) is 83.2 Å². The summed E-state index contributed by atoms with van der Waals surface area (Å²) in [4.78, 5) is 50.8. The second kappa shape index (κ2) is 18.1. The number of aromatic nitrogens is 2. The predicted molar refractivity (Wildman–Crippen MR) is 231 cm³/mol. The Bertz CT molecular complexity index is 2570. The van der Waals surface area contributed by atoms with E-state index in [0.717, 1.165) is 61.0 Å². The molecule has 332 valence electrons. The zero-order valence-electron chi connectivity index (χ0n) is 35.3. The number of ether oxygens (including phenoxy) is 1. The van der Waals surface area contributed by atoms with E-state index < -0.39 is 33.7 Å². The molecule has 15 nitrogen and oxygen atoms in total. The fourth-order valence-corrected chi connectivity index (χ4v) is 10.4. The number of fused-ring (bicyclic) bond motifs is 1. The summed E-state index contributed by atoms with van der Waals surface area (Å²) >= 11 is 0. The van der Waals surface area contributed by atoms with Crippen molar-refractivity contribution in [2.24, 2.45) is 5.41 Å². The molecule has 1 aromatic heterocycles. The first-order valence-corrected chi connectivity index (χ1v) is 23.0. The molecule has 1 aliphatic carbocycles. The Kier molecular flexibility index (Phi) is 12.6. The zero-order valence-corrected chi connectivity index (χ0v) is 36.1. The van der Waals surface area contributed by atoms with Crippen molar-refractivity contribution >= 4 is 50.3 Å². The fraction of sp³-hybridized carbons (Fsp3) is 0.467. The number of halogens is 2. The number of piperidine rings is 3. The molecule has 1 spiro atoms. The van der Waals surface area contributed by atoms with Crippen molar-refractivity contribution in [2.75, 3.05) is 56.4 Å². The van der Waals surface area contributed by atoms with Crippen LogP contribution in [0.3, 0.4) is 0 Å². The summed E-state index contributed by atoms with van der Waals surface area (Å²) in [6.45, 7) is 4.95. The van der Waals surface area contributed by atoms with Crippen molar-refractivity contribution < 1.29 is 36.3 Å². The molecule has 0 bridgehead atoms. The van der Waals surface area contributed by atoms with E-state index in [1.807, 2.05) is 11.0 Å². The number of nitriles is 1. The minimum Gasteiger partial charge on any atom is -0.453 e. The summed E-state index contributed by atoms with van der Waals surface area (Å²) < 4.78 is 65.0. The molecular weight excluding hydrogens is 833 g/mol. The van der Waals surface area contributed by atoms with E-state index in [1.165, 1.54) is 19.2 Å². The van der Waals surface area contributed by atoms with Crippen molar-refractivity contribution in [1.29, 1.82) is 5.26 Å². The predicted octanol–water partition coefficient (Wildman–Crippen LogP) is 6.15. The lowest BCUT2D eigenvalue weighted by atomic mass is 9.76. The molecule has 63 heavy (non-hydrogen) atoms. The third kappa shape index (κ3) is 9.60. The van der Waals surface area contributed by atoms with Gasteiger partial charge in [0.15, 0.2) is 11.6 Å². The molecule has 18 heteroatoms. The second-order valence-corrected chi connectivity index (χ2v) is 19.0. The first-order valence-electron chi connectivity index (χ1n) is 21.5. The first kappa shape index (κ1) is 43.9. The second-order valence-electron chi connectivity index (χ2n) is 17.2. The number of carbonyl (C=O) groups excluding carboxylic acids is 3. The highest BCUT2D eigenvalue weighted by molar-refractivity contribution is 7.90. The van der Waals surface area contributed by atoms with Crippen LogP contribution in [0.15, 0.2) is 54.7 Å². The maximum atomic E-state index is 15.3. The number of imide groups is 1. The number of anilines is 2. The van der Waals surface area contributed by atoms with E-state index >= 15 is 8.78 Å². The molecular formula is C45H51F2N9O6S. The van der Waals surface area contributed by atoms with Crippen molar-refractivity contribution in [3.8, 4) is 17.6 Å². The van der Waals surface area contributed by atoms with Crippen LogP contribution in [0.4, 0.5) is 20.2 Å². The first-order chi connectivity index (χ1) is 30.2. The molecule has 3 aliphatic heterocycles. The van der Waals surface area contributed by atoms with E-state index in [9.17, 15) is 28.1 Å². The standard InChI is InChI=1S/C45H51F2N9O6S/c1-3-54(2)63(60,61)53-36-9-7-34(46)43(33(36)25-48)62-31-5-8-37-39(23-31)51-40(26-49-37)29-12-15-45(24-29)16-20-56(21-17-45)42(58)27-55-18-13-28(14-19-55)32-6-4-30(22-35(32)47)50-38-10-11-41(57)52-44(38)59/h4-9,22-23,26,28-29,38,50,53H,3,10-21,24,27H2,1-2H3,(H,52,57,59). The number of amides is 3. The Balaban J connectivity index is 0.831. The molecule has 3 N–H and O–H groups in total. The minimum absolute atomic E-state index is 0.0318. The van der Waals surface area contributed by atoms with Gasteiger partial charge < -0.3 is 15.0 Å². The Morgan fingerprint density at radius 2 is 1.76 bits per heavy atom. The molecule has 4 fully saturated rings. The lowest BCUT2D eigenvalue weighted by Crippen LogP contribution is -2.47. The minimum atomic E-state index is -3.98. The van der Waals surface area contributed by atoms with Crippen LogP contribution in [-0.4, -0.2) is 103 Å². The largest absolute Gasteiger partial charge is 0.453 e. The van der Waals surface area contributed by atoms with Gasteiger partial charge in [0.2, 0.25) is 17.7 Å². The number of hydrogen-bond acceptors (Lipinski definition) is 11. The average molecular weight is 884 g/mol. The smallest absolute Gasteiger partial charge is 0.301 e. The Morgan fingerprint density at radius 3 is 2.48 bits per heavy atom. The highest BCUT2D eigenvalue weighted by Gasteiger charge is 2.43. The van der Waals surface area contributed by atoms with Crippen LogP contribution >= 0.6 is 0 Å². The Hall–Kier alpha value is -5.77. The van der Waals surface area contributed by atoms with E-state index in [0.29, 0.717) is 61.4 Å². The summed E-state index contributed by atoms with van der Waals surface area (Å²) in [5.74, 6) is -1.74. The lowest BCUT2D eigenvalue weighted by Gasteiger charge is -2.41. The Labute approximate surface area is 365 Å². The fourth-order valence-electron chi connectivity index (χ4n) is 9.44. The quantitative estimate of drug-likeness (QED) is 0.138. The van der Waals surface area contributed by atoms with Gasteiger partial charge in [-0.3, -0.25) is 34.3 Å². The number of nitrogens with zero attached hydrogens (tertiary/aromatic N) is 6. The molecule has 0 radical (unpaired) electrons. The molecule has 3 saturated heterocycles. The third-order valence-electron chi connectivity index (χ3n) is 13.3. The number of rotatable bonds is 12. The molecule has 2 unspecified atom stereocenters. The highest BCUT2D eigenvalue weighted by atomic mass is 32.2. The van der Waals surface area contributed by atoms with Crippen LogP contribution < -0.4 is 20.1 Å². The maximum absolute atomic E-state index is 15.3. The average Bonchev–Trinajstić information content (AvgIpc) is 3.68. The molecule has 2 atom stereocenters. The van der Waals surface area contributed by atoms with Gasteiger partial charge in [-0.1, -0.05) is 13.0 Å². The van der Waals surface area contributed by atoms with E-state index in [-0.39, 0.29) is 64.8 Å². The van der Waals surface area contributed by atoms with Gasteiger partial charge in [0, 0.05) is 57.0 Å². The van der Waals surface area contributed by atoms with Gasteiger partial charge in [-0.25, -0.2) is 13.8 Å². The van der Waals surface area contributed by atoms with Gasteiger partial charge in [0.05, 0.1) is 29.0 Å². The van der Waals surface area contributed by atoms with Gasteiger partial charge in [0.1, 0.15) is 29.2 Å². The number of hydrogen-bond donors (Lipinski definition) is 3. The SMILES string of the molecule is CCN(C)S(=O)(=O)Nc1ccc(F)c(Oc2ccc3ncc(C4CCC5(CCN(C(=O)CN6CCC(c7ccc(NC8CCC(=O)NC8=O)cc7F)CC6)CC5)C4)nc3c2)c1C#N. The van der Waals surface area contributed by atoms with Crippen LogP contribution in [0.5, 0.6) is 11.5 Å². The summed E-state index contributed by atoms with van der Waals surface area (Å²) in [6, 6.07) is 13.4. The Morgan fingerprint density at radius 1 is 0.984 bits per heavy atom. The van der Waals surface area contributed by atoms with Gasteiger partial charge in [0.25, 0.3) is 0 Å². The molecule has 3 aromatic carbocycles. The van der Waals surface area contributed by atoms with E-state index in [4.69, 9.17) is 9.72 Å². The molecule has 4 aromatic rings. The third-order valence-corrected chi connectivity index (χ3v) is 14.9. The van der Waals surface area contributed by atoms with Gasteiger partial charge in [-0.2, -0.15) is 18.0 Å². The molecule has 8 rings (SSSR count). The van der Waals surface area contributed by atoms with Crippen LogP contribution in [0, 0.1) is 28.4 Å². The summed E-state index contributed by atoms with van der Waals surface area (Å²) in [7, 11) is -2.60. The molecule has 4 aliphatic rings. The van der Waals surface area contributed by atoms with Crippen LogP contribution in [0.2, 0.25) is 0 Å². The summed E-state index contributed by atoms with van der Waals surface area (Å²) in [6.07, 6.45) is 8.56. The number of benzene rings is 3. The molecule has 4 heterocycles. The summed E-state index contributed by atoms with van der Waals surface area (Å²) in [5.41, 5.74) is 2.82. The zero-order chi connectivity index (χ0) is 44.5. The van der Waals surface area contributed by atoms with Gasteiger partial charge in [-0.15, -0.1) is 0 Å². The van der Waals surface area contributed by atoms with E-state index in [1.54, 1.807) is 43.5 Å². The molecule has 3 amide bonds.